The van der Waals surface area contributed by atoms with E-state index in [2.05, 4.69) is 4.98 Å². The highest BCUT2D eigenvalue weighted by Crippen LogP contribution is 2.45. The first-order valence-electron chi connectivity index (χ1n) is 12.8. The number of carbonyl (C=O) groups is 2. The Kier molecular flexibility index (Phi) is 9.25. The zero-order valence-electron chi connectivity index (χ0n) is 22.6. The Morgan fingerprint density at radius 3 is 2.18 bits per heavy atom. The van der Waals surface area contributed by atoms with Gasteiger partial charge in [0, 0.05) is 29.6 Å². The molecule has 0 saturated carbocycles. The zero-order chi connectivity index (χ0) is 32.4. The Hall–Kier alpha value is -4.56. The van der Waals surface area contributed by atoms with Gasteiger partial charge in [-0.2, -0.15) is 26.3 Å². The van der Waals surface area contributed by atoms with Crippen molar-refractivity contribution < 1.29 is 58.6 Å². The molecule has 1 N–H and O–H groups in total. The molecule has 1 aliphatic carbocycles. The molecule has 234 valence electrons. The van der Waals surface area contributed by atoms with E-state index in [0.29, 0.717) is 30.8 Å². The quantitative estimate of drug-likeness (QED) is 0.202. The van der Waals surface area contributed by atoms with E-state index in [1.54, 1.807) is 5.32 Å². The number of amides is 1. The van der Waals surface area contributed by atoms with Crippen molar-refractivity contribution >= 4 is 28.7 Å². The summed E-state index contributed by atoms with van der Waals surface area (Å²) in [5.41, 5.74) is -2.29. The Labute approximate surface area is 243 Å². The lowest BCUT2D eigenvalue weighted by Gasteiger charge is -2.17. The average molecular weight is 632 g/mol. The third-order valence-electron chi connectivity index (χ3n) is 6.49. The number of aromatic nitrogens is 1. The van der Waals surface area contributed by atoms with Crippen LogP contribution in [0.2, 0.25) is 0 Å². The molecule has 2 aromatic carbocycles. The maximum atomic E-state index is 14.2. The molecule has 6 nitrogen and oxygen atoms in total. The van der Waals surface area contributed by atoms with Crippen molar-refractivity contribution in [3.63, 3.8) is 0 Å². The topological polar surface area (TPSA) is 77.5 Å². The van der Waals surface area contributed by atoms with Crippen LogP contribution in [-0.4, -0.2) is 29.6 Å². The first-order valence-corrected chi connectivity index (χ1v) is 12.8. The minimum absolute atomic E-state index is 0.0829. The van der Waals surface area contributed by atoms with Crippen molar-refractivity contribution in [3.8, 4) is 5.88 Å². The number of rotatable bonds is 8. The fraction of sp³-hybridized carbons (Fsp3) is 0.276. The third-order valence-corrected chi connectivity index (χ3v) is 6.49. The smallest absolute Gasteiger partial charge is 0.471 e. The van der Waals surface area contributed by atoms with Gasteiger partial charge in [-0.3, -0.25) is 4.79 Å². The second kappa shape index (κ2) is 12.6. The van der Waals surface area contributed by atoms with Gasteiger partial charge in [-0.15, -0.1) is 0 Å². The lowest BCUT2D eigenvalue weighted by atomic mass is 9.95. The van der Waals surface area contributed by atoms with E-state index in [9.17, 15) is 49.1 Å². The van der Waals surface area contributed by atoms with Crippen molar-refractivity contribution in [2.75, 3.05) is 11.9 Å². The Morgan fingerprint density at radius 1 is 0.909 bits per heavy atom. The van der Waals surface area contributed by atoms with Crippen LogP contribution in [0, 0.1) is 17.5 Å². The van der Waals surface area contributed by atoms with Gasteiger partial charge in [-0.05, 0) is 67.2 Å². The largest absolute Gasteiger partial charge is 0.472 e. The van der Waals surface area contributed by atoms with Crippen LogP contribution in [0.3, 0.4) is 0 Å². The van der Waals surface area contributed by atoms with Crippen molar-refractivity contribution in [2.45, 2.75) is 45.1 Å². The number of alkyl halides is 6. The van der Waals surface area contributed by atoms with Gasteiger partial charge in [0.25, 0.3) is 0 Å². The van der Waals surface area contributed by atoms with Crippen molar-refractivity contribution in [3.05, 3.63) is 87.9 Å². The minimum Gasteiger partial charge on any atom is -0.472 e. The van der Waals surface area contributed by atoms with E-state index < -0.39 is 71.0 Å². The molecule has 0 spiro atoms. The van der Waals surface area contributed by atoms with Gasteiger partial charge < -0.3 is 14.8 Å². The average Bonchev–Trinajstić information content (AvgIpc) is 3.41. The van der Waals surface area contributed by atoms with E-state index in [1.807, 2.05) is 0 Å². The van der Waals surface area contributed by atoms with E-state index >= 15 is 0 Å². The summed E-state index contributed by atoms with van der Waals surface area (Å²) in [6.07, 6.45) is -9.06. The van der Waals surface area contributed by atoms with Gasteiger partial charge in [0.1, 0.15) is 24.1 Å². The van der Waals surface area contributed by atoms with Crippen molar-refractivity contribution in [1.29, 1.82) is 0 Å². The number of esters is 1. The predicted octanol–water partition coefficient (Wildman–Crippen LogP) is 7.87. The van der Waals surface area contributed by atoms with Gasteiger partial charge in [0.2, 0.25) is 5.88 Å². The number of ether oxygens (including phenoxy) is 2. The molecular formula is C29H21F9N2O4. The van der Waals surface area contributed by atoms with Crippen LogP contribution < -0.4 is 10.1 Å². The number of halogens is 9. The Bertz CT molecular complexity index is 1610. The van der Waals surface area contributed by atoms with Crippen molar-refractivity contribution in [2.24, 2.45) is 0 Å². The summed E-state index contributed by atoms with van der Waals surface area (Å²) in [5, 5.41) is 1.65. The maximum absolute atomic E-state index is 14.2. The summed E-state index contributed by atoms with van der Waals surface area (Å²) in [6, 6.07) is 4.79. The molecule has 0 aliphatic heterocycles. The molecule has 44 heavy (non-hydrogen) atoms. The lowest BCUT2D eigenvalue weighted by molar-refractivity contribution is -0.167. The molecule has 1 aliphatic rings. The molecule has 15 heteroatoms. The summed E-state index contributed by atoms with van der Waals surface area (Å²) in [5.74, 6) is -7.55. The molecule has 1 aromatic heterocycles. The standard InChI is InChI=1S/C29H21F9N2O4/c1-2-43-26(41)15-6-14(7-18(8-15)40-27(42)29(36,37)38)19-4-3-5-20(19)21-9-16(28(33,34)35)12-39-25(21)44-13-22-23(31)10-17(30)11-24(22)32/h6-12H,2-5,13H2,1H3,(H,40,42). The van der Waals surface area contributed by atoms with Crippen LogP contribution in [-0.2, 0) is 22.3 Å². The molecule has 0 fully saturated rings. The minimum atomic E-state index is -5.27. The highest BCUT2D eigenvalue weighted by atomic mass is 19.4. The monoisotopic (exact) mass is 632 g/mol. The molecule has 0 unspecified atom stereocenters. The molecule has 0 saturated heterocycles. The van der Waals surface area contributed by atoms with Gasteiger partial charge in [-0.1, -0.05) is 0 Å². The van der Waals surface area contributed by atoms with Crippen LogP contribution in [0.1, 0.15) is 58.8 Å². The maximum Gasteiger partial charge on any atom is 0.471 e. The number of allylic oxidation sites excluding steroid dienone is 2. The second-order valence-corrected chi connectivity index (χ2v) is 9.49. The van der Waals surface area contributed by atoms with E-state index in [-0.39, 0.29) is 47.3 Å². The summed E-state index contributed by atoms with van der Waals surface area (Å²) in [4.78, 5) is 27.8. The van der Waals surface area contributed by atoms with Crippen LogP contribution in [0.4, 0.5) is 45.2 Å². The molecule has 3 aromatic rings. The van der Waals surface area contributed by atoms with Gasteiger partial charge >= 0.3 is 24.2 Å². The molecule has 1 heterocycles. The summed E-state index contributed by atoms with van der Waals surface area (Å²) in [7, 11) is 0. The third kappa shape index (κ3) is 7.32. The first kappa shape index (κ1) is 32.4. The number of hydrogen-bond donors (Lipinski definition) is 1. The van der Waals surface area contributed by atoms with Gasteiger partial charge in [0.05, 0.1) is 23.3 Å². The molecule has 1 amide bonds. The first-order chi connectivity index (χ1) is 20.6. The van der Waals surface area contributed by atoms with E-state index in [4.69, 9.17) is 9.47 Å². The highest BCUT2D eigenvalue weighted by molar-refractivity contribution is 6.00. The number of carbonyl (C=O) groups excluding carboxylic acids is 2. The van der Waals surface area contributed by atoms with Gasteiger partial charge in [-0.25, -0.2) is 22.9 Å². The second-order valence-electron chi connectivity index (χ2n) is 9.49. The van der Waals surface area contributed by atoms with Crippen LogP contribution >= 0.6 is 0 Å². The van der Waals surface area contributed by atoms with Crippen molar-refractivity contribution in [1.82, 2.24) is 4.98 Å². The fourth-order valence-corrected chi connectivity index (χ4v) is 4.56. The summed E-state index contributed by atoms with van der Waals surface area (Å²) < 4.78 is 132. The number of anilines is 1. The molecule has 4 rings (SSSR count). The zero-order valence-corrected chi connectivity index (χ0v) is 22.6. The number of nitrogens with one attached hydrogen (secondary N) is 1. The fourth-order valence-electron chi connectivity index (χ4n) is 4.56. The molecule has 0 atom stereocenters. The van der Waals surface area contributed by atoms with E-state index in [1.165, 1.54) is 13.0 Å². The highest BCUT2D eigenvalue weighted by Gasteiger charge is 2.39. The normalized spacial score (nSPS) is 13.7. The Morgan fingerprint density at radius 2 is 1.57 bits per heavy atom. The summed E-state index contributed by atoms with van der Waals surface area (Å²) in [6.45, 7) is 0.516. The molecule has 0 radical (unpaired) electrons. The van der Waals surface area contributed by atoms with Crippen LogP contribution in [0.5, 0.6) is 5.88 Å². The summed E-state index contributed by atoms with van der Waals surface area (Å²) >= 11 is 0. The Balaban J connectivity index is 1.85. The number of hydrogen-bond acceptors (Lipinski definition) is 5. The predicted molar refractivity (Wildman–Crippen MR) is 138 cm³/mol. The number of benzene rings is 2. The molecule has 0 bridgehead atoms. The number of nitrogens with zero attached hydrogens (tertiary/aromatic N) is 1. The molecular weight excluding hydrogens is 611 g/mol. The SMILES string of the molecule is CCOC(=O)c1cc(NC(=O)C(F)(F)F)cc(C2=C(c3cc(C(F)(F)F)cnc3OCc3c(F)cc(F)cc3F)CCC2)c1. The van der Waals surface area contributed by atoms with Gasteiger partial charge in [0.15, 0.2) is 0 Å². The lowest BCUT2D eigenvalue weighted by Crippen LogP contribution is -2.30. The van der Waals surface area contributed by atoms with Crippen LogP contribution in [0.15, 0.2) is 42.6 Å². The van der Waals surface area contributed by atoms with E-state index in [0.717, 1.165) is 12.1 Å². The number of pyridine rings is 1. The van der Waals surface area contributed by atoms with Crippen LogP contribution in [0.25, 0.3) is 11.1 Å².